The van der Waals surface area contributed by atoms with Crippen molar-refractivity contribution in [2.75, 3.05) is 23.7 Å². The summed E-state index contributed by atoms with van der Waals surface area (Å²) in [7, 11) is 0. The quantitative estimate of drug-likeness (QED) is 0.811. The first-order chi connectivity index (χ1) is 9.26. The molecule has 2 nitrogen and oxygen atoms in total. The van der Waals surface area contributed by atoms with Gasteiger partial charge in [0.1, 0.15) is 0 Å². The van der Waals surface area contributed by atoms with Gasteiger partial charge in [0.25, 0.3) is 0 Å². The van der Waals surface area contributed by atoms with E-state index in [1.54, 1.807) is 0 Å². The summed E-state index contributed by atoms with van der Waals surface area (Å²) >= 11 is 0. The number of anilines is 2. The molecule has 3 atom stereocenters. The van der Waals surface area contributed by atoms with E-state index in [4.69, 9.17) is 5.73 Å². The lowest BCUT2D eigenvalue weighted by Gasteiger charge is -2.31. The lowest BCUT2D eigenvalue weighted by atomic mass is 9.88. The summed E-state index contributed by atoms with van der Waals surface area (Å²) in [5, 5.41) is 0. The highest BCUT2D eigenvalue weighted by atomic mass is 15.1. The van der Waals surface area contributed by atoms with Crippen LogP contribution in [0.2, 0.25) is 0 Å². The zero-order valence-corrected chi connectivity index (χ0v) is 12.0. The molecular weight excluding hydrogens is 232 g/mol. The minimum atomic E-state index is 0.861. The number of nitrogen functional groups attached to an aromatic ring is 1. The van der Waals surface area contributed by atoms with Gasteiger partial charge < -0.3 is 10.6 Å². The van der Waals surface area contributed by atoms with Gasteiger partial charge in [0.15, 0.2) is 0 Å². The van der Waals surface area contributed by atoms with Crippen LogP contribution in [-0.2, 0) is 0 Å². The summed E-state index contributed by atoms with van der Waals surface area (Å²) in [6.07, 6.45) is 7.17. The number of hydrogen-bond acceptors (Lipinski definition) is 2. The zero-order chi connectivity index (χ0) is 13.2. The summed E-state index contributed by atoms with van der Waals surface area (Å²) < 4.78 is 0. The van der Waals surface area contributed by atoms with Gasteiger partial charge in [0, 0.05) is 24.5 Å². The first kappa shape index (κ1) is 12.8. The lowest BCUT2D eigenvalue weighted by molar-refractivity contribution is 0.334. The molecule has 0 saturated heterocycles. The summed E-state index contributed by atoms with van der Waals surface area (Å²) in [4.78, 5) is 2.57. The topological polar surface area (TPSA) is 29.3 Å². The minimum Gasteiger partial charge on any atom is -0.399 e. The van der Waals surface area contributed by atoms with E-state index in [-0.39, 0.29) is 0 Å². The monoisotopic (exact) mass is 258 g/mol. The van der Waals surface area contributed by atoms with Crippen LogP contribution in [0.5, 0.6) is 0 Å². The maximum atomic E-state index is 5.80. The van der Waals surface area contributed by atoms with Crippen molar-refractivity contribution in [3.63, 3.8) is 0 Å². The molecule has 3 rings (SSSR count). The third-order valence-corrected chi connectivity index (χ3v) is 5.09. The van der Waals surface area contributed by atoms with Crippen LogP contribution in [0.3, 0.4) is 0 Å². The number of hydrogen-bond donors (Lipinski definition) is 1. The van der Waals surface area contributed by atoms with Crippen molar-refractivity contribution in [3.8, 4) is 0 Å². The second-order valence-corrected chi connectivity index (χ2v) is 6.47. The Morgan fingerprint density at radius 3 is 2.53 bits per heavy atom. The SMILES string of the molecule is CCCN(CC1CC2CCC1C2)c1ccc(N)cc1. The van der Waals surface area contributed by atoms with E-state index in [2.05, 4.69) is 24.0 Å². The third kappa shape index (κ3) is 2.72. The van der Waals surface area contributed by atoms with Crippen LogP contribution in [0.1, 0.15) is 39.0 Å². The van der Waals surface area contributed by atoms with Crippen LogP contribution in [0, 0.1) is 17.8 Å². The van der Waals surface area contributed by atoms with Gasteiger partial charge in [-0.25, -0.2) is 0 Å². The van der Waals surface area contributed by atoms with E-state index in [9.17, 15) is 0 Å². The molecule has 2 aliphatic carbocycles. The van der Waals surface area contributed by atoms with E-state index in [1.165, 1.54) is 44.3 Å². The van der Waals surface area contributed by atoms with Gasteiger partial charge in [-0.3, -0.25) is 0 Å². The number of rotatable bonds is 5. The normalized spacial score (nSPS) is 28.8. The van der Waals surface area contributed by atoms with E-state index in [0.717, 1.165) is 30.0 Å². The molecule has 2 saturated carbocycles. The average molecular weight is 258 g/mol. The van der Waals surface area contributed by atoms with Gasteiger partial charge in [-0.1, -0.05) is 13.3 Å². The summed E-state index contributed by atoms with van der Waals surface area (Å²) in [6.45, 7) is 4.68. The highest BCUT2D eigenvalue weighted by Gasteiger charge is 2.39. The summed E-state index contributed by atoms with van der Waals surface area (Å²) in [5.41, 5.74) is 8.00. The first-order valence-corrected chi connectivity index (χ1v) is 7.86. The second kappa shape index (κ2) is 5.44. The summed E-state index contributed by atoms with van der Waals surface area (Å²) in [6, 6.07) is 8.41. The highest BCUT2D eigenvalue weighted by molar-refractivity contribution is 5.53. The lowest BCUT2D eigenvalue weighted by Crippen LogP contribution is -2.32. The van der Waals surface area contributed by atoms with Crippen LogP contribution in [-0.4, -0.2) is 13.1 Å². The van der Waals surface area contributed by atoms with Crippen LogP contribution < -0.4 is 10.6 Å². The molecule has 0 aliphatic heterocycles. The van der Waals surface area contributed by atoms with Crippen molar-refractivity contribution < 1.29 is 0 Å². The maximum Gasteiger partial charge on any atom is 0.0367 e. The number of nitrogens with two attached hydrogens (primary N) is 1. The smallest absolute Gasteiger partial charge is 0.0367 e. The fourth-order valence-electron chi connectivity index (χ4n) is 4.16. The highest BCUT2D eigenvalue weighted by Crippen LogP contribution is 2.48. The average Bonchev–Trinajstić information content (AvgIpc) is 3.01. The van der Waals surface area contributed by atoms with Gasteiger partial charge >= 0.3 is 0 Å². The van der Waals surface area contributed by atoms with Crippen molar-refractivity contribution in [2.45, 2.75) is 39.0 Å². The van der Waals surface area contributed by atoms with Gasteiger partial charge in [-0.15, -0.1) is 0 Å². The molecule has 2 aliphatic rings. The second-order valence-electron chi connectivity index (χ2n) is 6.47. The molecular formula is C17H26N2. The van der Waals surface area contributed by atoms with Crippen LogP contribution in [0.4, 0.5) is 11.4 Å². The Morgan fingerprint density at radius 1 is 1.16 bits per heavy atom. The van der Waals surface area contributed by atoms with E-state index >= 15 is 0 Å². The largest absolute Gasteiger partial charge is 0.399 e. The minimum absolute atomic E-state index is 0.861. The molecule has 19 heavy (non-hydrogen) atoms. The van der Waals surface area contributed by atoms with Crippen LogP contribution in [0.25, 0.3) is 0 Å². The van der Waals surface area contributed by atoms with Gasteiger partial charge in [-0.05, 0) is 67.7 Å². The zero-order valence-electron chi connectivity index (χ0n) is 12.0. The van der Waals surface area contributed by atoms with Gasteiger partial charge in [-0.2, -0.15) is 0 Å². The van der Waals surface area contributed by atoms with Crippen molar-refractivity contribution >= 4 is 11.4 Å². The standard InChI is InChI=1S/C17H26N2/c1-2-9-19(17-7-5-16(18)6-8-17)12-15-11-13-3-4-14(15)10-13/h5-8,13-15H,2-4,9-12,18H2,1H3. The van der Waals surface area contributed by atoms with E-state index < -0.39 is 0 Å². The fourth-order valence-corrected chi connectivity index (χ4v) is 4.16. The molecule has 0 aromatic heterocycles. The van der Waals surface area contributed by atoms with Crippen molar-refractivity contribution in [1.29, 1.82) is 0 Å². The first-order valence-electron chi connectivity index (χ1n) is 7.86. The molecule has 1 aromatic rings. The Morgan fingerprint density at radius 2 is 1.95 bits per heavy atom. The Balaban J connectivity index is 1.68. The van der Waals surface area contributed by atoms with Crippen LogP contribution in [0.15, 0.2) is 24.3 Å². The third-order valence-electron chi connectivity index (χ3n) is 5.09. The Kier molecular flexibility index (Phi) is 3.67. The van der Waals surface area contributed by atoms with Crippen LogP contribution >= 0.6 is 0 Å². The van der Waals surface area contributed by atoms with Crippen molar-refractivity contribution in [3.05, 3.63) is 24.3 Å². The number of fused-ring (bicyclic) bond motifs is 2. The number of benzene rings is 1. The molecule has 1 aromatic carbocycles. The molecule has 3 unspecified atom stereocenters. The molecule has 2 bridgehead atoms. The maximum absolute atomic E-state index is 5.80. The van der Waals surface area contributed by atoms with Gasteiger partial charge in [0.2, 0.25) is 0 Å². The molecule has 2 N–H and O–H groups in total. The molecule has 0 amide bonds. The van der Waals surface area contributed by atoms with Crippen molar-refractivity contribution in [1.82, 2.24) is 0 Å². The predicted octanol–water partition coefficient (Wildman–Crippen LogP) is 3.92. The van der Waals surface area contributed by atoms with Crippen molar-refractivity contribution in [2.24, 2.45) is 17.8 Å². The van der Waals surface area contributed by atoms with Gasteiger partial charge in [0.05, 0.1) is 0 Å². The molecule has 0 spiro atoms. The van der Waals surface area contributed by atoms with E-state index in [0.29, 0.717) is 0 Å². The summed E-state index contributed by atoms with van der Waals surface area (Å²) in [5.74, 6) is 2.99. The Labute approximate surface area is 117 Å². The molecule has 0 radical (unpaired) electrons. The molecule has 2 fully saturated rings. The molecule has 0 heterocycles. The molecule has 104 valence electrons. The predicted molar refractivity (Wildman–Crippen MR) is 82.3 cm³/mol. The number of nitrogens with zero attached hydrogens (tertiary/aromatic N) is 1. The molecule has 2 heteroatoms. The fraction of sp³-hybridized carbons (Fsp3) is 0.647. The Bertz CT molecular complexity index is 412. The van der Waals surface area contributed by atoms with E-state index in [1.807, 2.05) is 12.1 Å². The Hall–Kier alpha value is -1.18.